The summed E-state index contributed by atoms with van der Waals surface area (Å²) in [5.74, 6) is 0.833. The molecule has 34 heavy (non-hydrogen) atoms. The lowest BCUT2D eigenvalue weighted by Crippen LogP contribution is -2.29. The van der Waals surface area contributed by atoms with Crippen LogP contribution in [0.2, 0.25) is 0 Å². The third kappa shape index (κ3) is 4.03. The molecule has 1 aromatic carbocycles. The number of rotatable bonds is 6. The average Bonchev–Trinajstić information content (AvgIpc) is 3.35. The number of hydrogen-bond acceptors (Lipinski definition) is 4. The second kappa shape index (κ2) is 9.27. The third-order valence-corrected chi connectivity index (χ3v) is 6.73. The smallest absolute Gasteiger partial charge is 0.170 e. The van der Waals surface area contributed by atoms with Gasteiger partial charge in [0, 0.05) is 48.3 Å². The van der Waals surface area contributed by atoms with Gasteiger partial charge in [0.25, 0.3) is 0 Å². The summed E-state index contributed by atoms with van der Waals surface area (Å²) in [4.78, 5) is 11.2. The van der Waals surface area contributed by atoms with E-state index in [1.807, 2.05) is 42.7 Å². The Kier molecular flexibility index (Phi) is 6.02. The largest absolute Gasteiger partial charge is 0.497 e. The Morgan fingerprint density at radius 2 is 1.91 bits per heavy atom. The number of hydrogen-bond donors (Lipinski definition) is 1. The van der Waals surface area contributed by atoms with Gasteiger partial charge in [0.2, 0.25) is 0 Å². The zero-order valence-electron chi connectivity index (χ0n) is 19.5. The molecule has 6 nitrogen and oxygen atoms in total. The van der Waals surface area contributed by atoms with Crippen LogP contribution in [0.5, 0.6) is 5.75 Å². The normalized spacial score (nSPS) is 17.6. The van der Waals surface area contributed by atoms with Crippen LogP contribution < -0.4 is 10.1 Å². The van der Waals surface area contributed by atoms with Gasteiger partial charge in [-0.3, -0.25) is 9.97 Å². The second-order valence-electron chi connectivity index (χ2n) is 8.48. The summed E-state index contributed by atoms with van der Waals surface area (Å²) in [6.45, 7) is 4.97. The van der Waals surface area contributed by atoms with Crippen molar-refractivity contribution in [3.05, 3.63) is 107 Å². The van der Waals surface area contributed by atoms with Crippen LogP contribution in [0.1, 0.15) is 40.3 Å². The fourth-order valence-corrected chi connectivity index (χ4v) is 5.14. The topological polar surface area (TPSA) is 55.2 Å². The van der Waals surface area contributed by atoms with E-state index < -0.39 is 0 Å². The van der Waals surface area contributed by atoms with E-state index in [0.29, 0.717) is 6.54 Å². The van der Waals surface area contributed by atoms with Crippen LogP contribution in [0.4, 0.5) is 0 Å². The molecule has 0 bridgehead atoms. The maximum Gasteiger partial charge on any atom is 0.170 e. The van der Waals surface area contributed by atoms with E-state index in [1.165, 1.54) is 11.3 Å². The van der Waals surface area contributed by atoms with Crippen molar-refractivity contribution in [2.45, 2.75) is 32.5 Å². The number of benzene rings is 1. The third-order valence-electron chi connectivity index (χ3n) is 6.37. The number of ether oxygens (including phenoxy) is 1. The van der Waals surface area contributed by atoms with Crippen LogP contribution in [0.15, 0.2) is 79.3 Å². The van der Waals surface area contributed by atoms with Gasteiger partial charge in [-0.25, -0.2) is 0 Å². The summed E-state index contributed by atoms with van der Waals surface area (Å²) >= 11 is 5.85. The van der Waals surface area contributed by atoms with Gasteiger partial charge in [0.15, 0.2) is 5.11 Å². The van der Waals surface area contributed by atoms with Gasteiger partial charge in [-0.1, -0.05) is 18.2 Å². The van der Waals surface area contributed by atoms with E-state index in [1.54, 1.807) is 13.3 Å². The molecule has 4 heterocycles. The summed E-state index contributed by atoms with van der Waals surface area (Å²) in [5, 5.41) is 4.27. The summed E-state index contributed by atoms with van der Waals surface area (Å²) in [6.07, 6.45) is 5.52. The number of nitrogens with one attached hydrogen (secondary N) is 1. The highest BCUT2D eigenvalue weighted by atomic mass is 32.1. The molecule has 0 unspecified atom stereocenters. The minimum atomic E-state index is -0.0652. The van der Waals surface area contributed by atoms with Crippen LogP contribution in [0, 0.1) is 13.8 Å². The van der Waals surface area contributed by atoms with Gasteiger partial charge in [-0.05, 0) is 73.6 Å². The summed E-state index contributed by atoms with van der Waals surface area (Å²) < 4.78 is 7.75. The molecule has 0 spiro atoms. The molecule has 0 aliphatic carbocycles. The van der Waals surface area contributed by atoms with Crippen molar-refractivity contribution in [1.29, 1.82) is 0 Å². The van der Waals surface area contributed by atoms with E-state index in [-0.39, 0.29) is 12.1 Å². The first-order valence-electron chi connectivity index (χ1n) is 11.3. The van der Waals surface area contributed by atoms with Crippen molar-refractivity contribution >= 4 is 17.3 Å². The minimum absolute atomic E-state index is 0.0202. The Bertz CT molecular complexity index is 1310. The molecule has 1 N–H and O–H groups in total. The van der Waals surface area contributed by atoms with Gasteiger partial charge in [0.1, 0.15) is 5.75 Å². The maximum absolute atomic E-state index is 5.85. The van der Waals surface area contributed by atoms with E-state index in [0.717, 1.165) is 33.5 Å². The Hall–Kier alpha value is -3.71. The highest BCUT2D eigenvalue weighted by Gasteiger charge is 2.41. The van der Waals surface area contributed by atoms with Gasteiger partial charge in [0.05, 0.1) is 24.9 Å². The molecule has 1 fully saturated rings. The monoisotopic (exact) mass is 469 g/mol. The Morgan fingerprint density at radius 3 is 2.65 bits per heavy atom. The fourth-order valence-electron chi connectivity index (χ4n) is 4.84. The molecule has 172 valence electrons. The minimum Gasteiger partial charge on any atom is -0.497 e. The zero-order valence-corrected chi connectivity index (χ0v) is 20.3. The number of thiocarbonyl (C=S) groups is 1. The average molecular weight is 470 g/mol. The zero-order chi connectivity index (χ0) is 23.7. The summed E-state index contributed by atoms with van der Waals surface area (Å²) in [6, 6.07) is 20.4. The highest BCUT2D eigenvalue weighted by Crippen LogP contribution is 2.42. The molecule has 1 saturated heterocycles. The first-order valence-corrected chi connectivity index (χ1v) is 11.7. The number of nitrogens with zero attached hydrogens (tertiary/aromatic N) is 4. The molecule has 2 atom stereocenters. The molecular weight excluding hydrogens is 442 g/mol. The second-order valence-corrected chi connectivity index (χ2v) is 8.87. The number of pyridine rings is 2. The van der Waals surface area contributed by atoms with Crippen LogP contribution in [0.25, 0.3) is 5.69 Å². The highest BCUT2D eigenvalue weighted by molar-refractivity contribution is 7.80. The lowest BCUT2D eigenvalue weighted by Gasteiger charge is -2.28. The quantitative estimate of drug-likeness (QED) is 0.398. The Morgan fingerprint density at radius 1 is 1.03 bits per heavy atom. The Labute approximate surface area is 205 Å². The molecule has 7 heteroatoms. The van der Waals surface area contributed by atoms with Crippen molar-refractivity contribution in [1.82, 2.24) is 24.8 Å². The number of aryl methyl sites for hydroxylation is 1. The van der Waals surface area contributed by atoms with Crippen molar-refractivity contribution in [3.8, 4) is 11.4 Å². The first-order chi connectivity index (χ1) is 16.6. The lowest BCUT2D eigenvalue weighted by molar-refractivity contribution is 0.310. The van der Waals surface area contributed by atoms with E-state index in [9.17, 15) is 0 Å². The maximum atomic E-state index is 5.85. The molecular formula is C27H27N5OS. The van der Waals surface area contributed by atoms with Gasteiger partial charge >= 0.3 is 0 Å². The molecule has 3 aromatic heterocycles. The fraction of sp³-hybridized carbons (Fsp3) is 0.222. The lowest BCUT2D eigenvalue weighted by atomic mass is 9.96. The van der Waals surface area contributed by atoms with E-state index in [2.05, 4.69) is 68.9 Å². The van der Waals surface area contributed by atoms with Gasteiger partial charge in [-0.15, -0.1) is 0 Å². The van der Waals surface area contributed by atoms with Gasteiger partial charge < -0.3 is 19.5 Å². The van der Waals surface area contributed by atoms with Crippen LogP contribution in [0.3, 0.4) is 0 Å². The summed E-state index contributed by atoms with van der Waals surface area (Å²) in [7, 11) is 1.69. The molecule has 1 aliphatic rings. The number of methoxy groups -OCH3 is 1. The predicted molar refractivity (Wildman–Crippen MR) is 137 cm³/mol. The van der Waals surface area contributed by atoms with Crippen molar-refractivity contribution in [2.75, 3.05) is 7.11 Å². The predicted octanol–water partition coefficient (Wildman–Crippen LogP) is 5.07. The molecule has 0 saturated carbocycles. The molecule has 5 rings (SSSR count). The summed E-state index contributed by atoms with van der Waals surface area (Å²) in [5.41, 5.74) is 6.68. The molecule has 1 aliphatic heterocycles. The molecule has 0 amide bonds. The SMILES string of the molecule is COc1cccc(-n2c(C)cc([C@@H]3[C@H](c4ccccn4)NC(=S)N3Cc3cccnc3)c2C)c1. The van der Waals surface area contributed by atoms with Crippen molar-refractivity contribution < 1.29 is 4.74 Å². The molecule has 0 radical (unpaired) electrons. The van der Waals surface area contributed by atoms with Gasteiger partial charge in [-0.2, -0.15) is 0 Å². The standard InChI is InChI=1S/C27H27N5OS/c1-18-14-23(19(2)32(18)21-9-6-10-22(15-21)33-3)26-25(24-11-4-5-13-29-24)30-27(34)31(26)17-20-8-7-12-28-16-20/h4-16,25-26H,17H2,1-3H3,(H,30,34)/t25-,26+/m0/s1. The van der Waals surface area contributed by atoms with Crippen molar-refractivity contribution in [3.63, 3.8) is 0 Å². The first kappa shape index (κ1) is 22.1. The van der Waals surface area contributed by atoms with E-state index >= 15 is 0 Å². The molecule has 4 aromatic rings. The van der Waals surface area contributed by atoms with Crippen LogP contribution in [-0.4, -0.2) is 31.7 Å². The van der Waals surface area contributed by atoms with Crippen molar-refractivity contribution in [2.24, 2.45) is 0 Å². The van der Waals surface area contributed by atoms with Crippen LogP contribution in [-0.2, 0) is 6.54 Å². The Balaban J connectivity index is 1.62. The van der Waals surface area contributed by atoms with E-state index in [4.69, 9.17) is 17.0 Å². The van der Waals surface area contributed by atoms with Crippen LogP contribution >= 0.6 is 12.2 Å². The number of aromatic nitrogens is 3.